The molecule has 2 aromatic carbocycles. The van der Waals surface area contributed by atoms with E-state index in [0.717, 1.165) is 5.56 Å². The molecule has 5 nitrogen and oxygen atoms in total. The summed E-state index contributed by atoms with van der Waals surface area (Å²) in [6.45, 7) is 4.01. The van der Waals surface area contributed by atoms with E-state index in [4.69, 9.17) is 27.9 Å². The minimum absolute atomic E-state index is 0.300. The average molecular weight is 417 g/mol. The van der Waals surface area contributed by atoms with Gasteiger partial charge in [-0.2, -0.15) is 0 Å². The number of morpholine rings is 1. The fraction of sp³-hybridized carbons (Fsp3) is 0.238. The van der Waals surface area contributed by atoms with Crippen LogP contribution in [0, 0.1) is 6.92 Å². The zero-order valence-electron chi connectivity index (χ0n) is 15.2. The van der Waals surface area contributed by atoms with Crippen molar-refractivity contribution >= 4 is 46.3 Å². The molecule has 0 aliphatic carbocycles. The number of halogens is 2. The standard InChI is InChI=1S/C21H18Cl2N2O3/c1-13-2-5-15(6-3-13)25-20(26)18(16-7-4-14(22)12-17(16)23)19(21(25)27)24-8-10-28-11-9-24/h2-7,12H,8-11H2,1H3. The van der Waals surface area contributed by atoms with Gasteiger partial charge < -0.3 is 9.64 Å². The highest BCUT2D eigenvalue weighted by molar-refractivity contribution is 6.47. The molecule has 2 aliphatic heterocycles. The van der Waals surface area contributed by atoms with E-state index in [1.165, 1.54) is 4.90 Å². The maximum Gasteiger partial charge on any atom is 0.282 e. The molecule has 0 atom stereocenters. The third-order valence-corrected chi connectivity index (χ3v) is 5.43. The van der Waals surface area contributed by atoms with Crippen LogP contribution in [0.15, 0.2) is 48.2 Å². The Morgan fingerprint density at radius 1 is 0.929 bits per heavy atom. The lowest BCUT2D eigenvalue weighted by molar-refractivity contribution is -0.121. The molecule has 0 aromatic heterocycles. The van der Waals surface area contributed by atoms with Crippen molar-refractivity contribution in [3.8, 4) is 0 Å². The van der Waals surface area contributed by atoms with Crippen LogP contribution in [0.2, 0.25) is 10.0 Å². The molecule has 0 spiro atoms. The summed E-state index contributed by atoms with van der Waals surface area (Å²) < 4.78 is 5.41. The monoisotopic (exact) mass is 416 g/mol. The predicted octanol–water partition coefficient (Wildman–Crippen LogP) is 3.92. The number of hydrogen-bond acceptors (Lipinski definition) is 4. The number of benzene rings is 2. The van der Waals surface area contributed by atoms with E-state index in [-0.39, 0.29) is 11.8 Å². The molecule has 0 N–H and O–H groups in total. The highest BCUT2D eigenvalue weighted by atomic mass is 35.5. The number of hydrogen-bond donors (Lipinski definition) is 0. The van der Waals surface area contributed by atoms with Crippen molar-refractivity contribution < 1.29 is 14.3 Å². The number of aryl methyl sites for hydroxylation is 1. The molecule has 2 amide bonds. The summed E-state index contributed by atoms with van der Waals surface area (Å²) in [5.41, 5.74) is 2.74. The van der Waals surface area contributed by atoms with Crippen LogP contribution in [0.3, 0.4) is 0 Å². The second kappa shape index (κ2) is 7.59. The summed E-state index contributed by atoms with van der Waals surface area (Å²) in [5, 5.41) is 0.801. The smallest absolute Gasteiger partial charge is 0.282 e. The first-order valence-electron chi connectivity index (χ1n) is 8.95. The van der Waals surface area contributed by atoms with Crippen molar-refractivity contribution in [3.63, 3.8) is 0 Å². The molecule has 144 valence electrons. The van der Waals surface area contributed by atoms with Crippen LogP contribution < -0.4 is 4.90 Å². The number of ether oxygens (including phenoxy) is 1. The Hall–Kier alpha value is -2.34. The quantitative estimate of drug-likeness (QED) is 0.711. The van der Waals surface area contributed by atoms with Crippen LogP contribution in [0.5, 0.6) is 0 Å². The highest BCUT2D eigenvalue weighted by Gasteiger charge is 2.43. The van der Waals surface area contributed by atoms with Gasteiger partial charge in [-0.3, -0.25) is 9.59 Å². The SMILES string of the molecule is Cc1ccc(N2C(=O)C(c3ccc(Cl)cc3Cl)=C(N3CCOCC3)C2=O)cc1. The van der Waals surface area contributed by atoms with E-state index in [1.54, 1.807) is 30.3 Å². The fourth-order valence-electron chi connectivity index (χ4n) is 3.46. The van der Waals surface area contributed by atoms with Crippen LogP contribution in [0.25, 0.3) is 5.57 Å². The lowest BCUT2D eigenvalue weighted by Gasteiger charge is -2.29. The first-order chi connectivity index (χ1) is 13.5. The summed E-state index contributed by atoms with van der Waals surface area (Å²) in [5.74, 6) is -0.740. The molecule has 0 radical (unpaired) electrons. The summed E-state index contributed by atoms with van der Waals surface area (Å²) >= 11 is 12.4. The van der Waals surface area contributed by atoms with Gasteiger partial charge in [0, 0.05) is 23.7 Å². The van der Waals surface area contributed by atoms with Gasteiger partial charge in [-0.25, -0.2) is 4.90 Å². The van der Waals surface area contributed by atoms with Crippen LogP contribution in [0.4, 0.5) is 5.69 Å². The number of nitrogens with zero attached hydrogens (tertiary/aromatic N) is 2. The van der Waals surface area contributed by atoms with Crippen LogP contribution in [-0.4, -0.2) is 43.0 Å². The molecule has 0 saturated carbocycles. The zero-order valence-corrected chi connectivity index (χ0v) is 16.8. The van der Waals surface area contributed by atoms with Crippen molar-refractivity contribution in [2.75, 3.05) is 31.2 Å². The Morgan fingerprint density at radius 2 is 1.61 bits per heavy atom. The number of imide groups is 1. The first kappa shape index (κ1) is 19.0. The average Bonchev–Trinajstić information content (AvgIpc) is 2.94. The van der Waals surface area contributed by atoms with Gasteiger partial charge in [0.1, 0.15) is 5.70 Å². The molecule has 2 aliphatic rings. The summed E-state index contributed by atoms with van der Waals surface area (Å²) in [6, 6.07) is 12.2. The van der Waals surface area contributed by atoms with E-state index in [0.29, 0.717) is 58.9 Å². The van der Waals surface area contributed by atoms with E-state index >= 15 is 0 Å². The topological polar surface area (TPSA) is 49.9 Å². The van der Waals surface area contributed by atoms with Crippen LogP contribution >= 0.6 is 23.2 Å². The molecule has 4 rings (SSSR count). The van der Waals surface area contributed by atoms with Gasteiger partial charge >= 0.3 is 0 Å². The van der Waals surface area contributed by atoms with E-state index in [9.17, 15) is 9.59 Å². The van der Waals surface area contributed by atoms with Gasteiger partial charge in [0.05, 0.1) is 29.5 Å². The number of carbonyl (C=O) groups is 2. The second-order valence-electron chi connectivity index (χ2n) is 6.73. The molecule has 2 heterocycles. The van der Waals surface area contributed by atoms with Crippen LogP contribution in [-0.2, 0) is 14.3 Å². The molecule has 1 saturated heterocycles. The van der Waals surface area contributed by atoms with Crippen molar-refractivity contribution in [1.82, 2.24) is 4.90 Å². The van der Waals surface area contributed by atoms with Gasteiger partial charge in [-0.05, 0) is 31.2 Å². The molecule has 0 unspecified atom stereocenters. The zero-order chi connectivity index (χ0) is 19.8. The fourth-order valence-corrected chi connectivity index (χ4v) is 3.96. The summed E-state index contributed by atoms with van der Waals surface area (Å²) in [7, 11) is 0. The Balaban J connectivity index is 1.85. The van der Waals surface area contributed by atoms with Crippen molar-refractivity contribution in [1.29, 1.82) is 0 Å². The minimum atomic E-state index is -0.389. The lowest BCUT2D eigenvalue weighted by Crippen LogP contribution is -2.40. The van der Waals surface area contributed by atoms with Crippen molar-refractivity contribution in [3.05, 3.63) is 69.3 Å². The molecule has 1 fully saturated rings. The van der Waals surface area contributed by atoms with Gasteiger partial charge in [0.15, 0.2) is 0 Å². The van der Waals surface area contributed by atoms with Crippen molar-refractivity contribution in [2.45, 2.75) is 6.92 Å². The molecule has 0 bridgehead atoms. The number of amides is 2. The Labute approximate surface area is 173 Å². The maximum absolute atomic E-state index is 13.4. The molecular weight excluding hydrogens is 399 g/mol. The van der Waals surface area contributed by atoms with Crippen LogP contribution in [0.1, 0.15) is 11.1 Å². The Morgan fingerprint density at radius 3 is 2.25 bits per heavy atom. The largest absolute Gasteiger partial charge is 0.378 e. The Bertz CT molecular complexity index is 980. The predicted molar refractivity (Wildman–Crippen MR) is 109 cm³/mol. The summed E-state index contributed by atoms with van der Waals surface area (Å²) in [6.07, 6.45) is 0. The van der Waals surface area contributed by atoms with Gasteiger partial charge in [-0.15, -0.1) is 0 Å². The van der Waals surface area contributed by atoms with E-state index < -0.39 is 0 Å². The number of carbonyl (C=O) groups excluding carboxylic acids is 2. The molecule has 2 aromatic rings. The second-order valence-corrected chi connectivity index (χ2v) is 7.57. The number of rotatable bonds is 3. The minimum Gasteiger partial charge on any atom is -0.378 e. The van der Waals surface area contributed by atoms with E-state index in [1.807, 2.05) is 24.0 Å². The molecule has 7 heteroatoms. The van der Waals surface area contributed by atoms with Crippen molar-refractivity contribution in [2.24, 2.45) is 0 Å². The Kier molecular flexibility index (Phi) is 5.15. The number of anilines is 1. The van der Waals surface area contributed by atoms with Gasteiger partial charge in [0.2, 0.25) is 0 Å². The first-order valence-corrected chi connectivity index (χ1v) is 9.71. The normalized spacial score (nSPS) is 17.7. The highest BCUT2D eigenvalue weighted by Crippen LogP contribution is 2.38. The third kappa shape index (κ3) is 3.30. The molecular formula is C21H18Cl2N2O3. The third-order valence-electron chi connectivity index (χ3n) is 4.88. The van der Waals surface area contributed by atoms with Gasteiger partial charge in [-0.1, -0.05) is 47.0 Å². The maximum atomic E-state index is 13.4. The molecule has 28 heavy (non-hydrogen) atoms. The van der Waals surface area contributed by atoms with Gasteiger partial charge in [0.25, 0.3) is 11.8 Å². The lowest BCUT2D eigenvalue weighted by atomic mass is 10.0. The van der Waals surface area contributed by atoms with E-state index in [2.05, 4.69) is 0 Å². The summed E-state index contributed by atoms with van der Waals surface area (Å²) in [4.78, 5) is 29.9.